The average Bonchev–Trinajstić information content (AvgIpc) is 2.29. The van der Waals surface area contributed by atoms with Gasteiger partial charge < -0.3 is 4.74 Å². The Bertz CT molecular complexity index is 413. The van der Waals surface area contributed by atoms with E-state index in [1.54, 1.807) is 12.1 Å². The van der Waals surface area contributed by atoms with Crippen LogP contribution in [0.4, 0.5) is 0 Å². The van der Waals surface area contributed by atoms with Crippen molar-refractivity contribution in [1.82, 2.24) is 0 Å². The Kier molecular flexibility index (Phi) is 4.50. The fraction of sp³-hybridized carbons (Fsp3) is 0.333. The van der Waals surface area contributed by atoms with E-state index in [1.165, 1.54) is 7.11 Å². The molecule has 0 aliphatic heterocycles. The van der Waals surface area contributed by atoms with Gasteiger partial charge in [0.25, 0.3) is 0 Å². The zero-order chi connectivity index (χ0) is 12.1. The van der Waals surface area contributed by atoms with Gasteiger partial charge in [0.1, 0.15) is 0 Å². The number of carbonyl (C=O) groups is 2. The number of ketones is 1. The fourth-order valence-corrected chi connectivity index (χ4v) is 1.55. The van der Waals surface area contributed by atoms with Crippen LogP contribution in [-0.2, 0) is 9.53 Å². The Balaban J connectivity index is 2.74. The van der Waals surface area contributed by atoms with E-state index in [0.717, 1.165) is 5.56 Å². The summed E-state index contributed by atoms with van der Waals surface area (Å²) in [5.41, 5.74) is 1.32. The lowest BCUT2D eigenvalue weighted by atomic mass is 10.0. The van der Waals surface area contributed by atoms with Gasteiger partial charge in [-0.2, -0.15) is 0 Å². The van der Waals surface area contributed by atoms with Gasteiger partial charge >= 0.3 is 5.97 Å². The van der Waals surface area contributed by atoms with Gasteiger partial charge in [0.2, 0.25) is 0 Å². The third-order valence-electron chi connectivity index (χ3n) is 2.28. The van der Waals surface area contributed by atoms with Crippen LogP contribution in [0.3, 0.4) is 0 Å². The fourth-order valence-electron chi connectivity index (χ4n) is 1.32. The Morgan fingerprint density at radius 3 is 2.62 bits per heavy atom. The van der Waals surface area contributed by atoms with Gasteiger partial charge in [0, 0.05) is 12.0 Å². The van der Waals surface area contributed by atoms with Crippen LogP contribution in [0, 0.1) is 6.92 Å². The Labute approximate surface area is 99.4 Å². The van der Waals surface area contributed by atoms with Crippen molar-refractivity contribution in [3.63, 3.8) is 0 Å². The second kappa shape index (κ2) is 5.66. The molecule has 0 N–H and O–H groups in total. The smallest absolute Gasteiger partial charge is 0.305 e. The SMILES string of the molecule is COC(=O)CCC(=O)c1cccc(C)c1Cl. The number of ether oxygens (including phenoxy) is 1. The monoisotopic (exact) mass is 240 g/mol. The Morgan fingerprint density at radius 2 is 2.00 bits per heavy atom. The number of benzene rings is 1. The summed E-state index contributed by atoms with van der Waals surface area (Å²) in [7, 11) is 1.30. The van der Waals surface area contributed by atoms with E-state index in [0.29, 0.717) is 10.6 Å². The molecule has 86 valence electrons. The summed E-state index contributed by atoms with van der Waals surface area (Å²) in [6.07, 6.45) is 0.204. The predicted molar refractivity (Wildman–Crippen MR) is 61.8 cm³/mol. The molecule has 4 heteroatoms. The first-order valence-corrected chi connectivity index (χ1v) is 5.29. The minimum atomic E-state index is -0.392. The number of hydrogen-bond acceptors (Lipinski definition) is 3. The van der Waals surface area contributed by atoms with Crippen LogP contribution < -0.4 is 0 Å². The molecule has 0 amide bonds. The molecule has 0 fully saturated rings. The molecule has 0 aliphatic carbocycles. The molecule has 0 aliphatic rings. The van der Waals surface area contributed by atoms with Crippen LogP contribution in [0.15, 0.2) is 18.2 Å². The number of hydrogen-bond donors (Lipinski definition) is 0. The second-order valence-corrected chi connectivity index (χ2v) is 3.81. The lowest BCUT2D eigenvalue weighted by Crippen LogP contribution is -2.06. The van der Waals surface area contributed by atoms with E-state index in [-0.39, 0.29) is 18.6 Å². The molecule has 16 heavy (non-hydrogen) atoms. The molecule has 0 saturated heterocycles. The van der Waals surface area contributed by atoms with Crippen LogP contribution >= 0.6 is 11.6 Å². The zero-order valence-electron chi connectivity index (χ0n) is 9.25. The Morgan fingerprint density at radius 1 is 1.31 bits per heavy atom. The summed E-state index contributed by atoms with van der Waals surface area (Å²) in [5, 5.41) is 0.456. The van der Waals surface area contributed by atoms with Crippen molar-refractivity contribution in [2.45, 2.75) is 19.8 Å². The standard InChI is InChI=1S/C12H13ClO3/c1-8-4-3-5-9(12(8)13)10(14)6-7-11(15)16-2/h3-5H,6-7H2,1-2H3. The number of rotatable bonds is 4. The van der Waals surface area contributed by atoms with Crippen LogP contribution in [0.25, 0.3) is 0 Å². The second-order valence-electron chi connectivity index (χ2n) is 3.44. The molecule has 1 rings (SSSR count). The predicted octanol–water partition coefficient (Wildman–Crippen LogP) is 2.78. The number of halogens is 1. The minimum absolute atomic E-state index is 0.0829. The lowest BCUT2D eigenvalue weighted by Gasteiger charge is -2.05. The normalized spacial score (nSPS) is 9.94. The van der Waals surface area contributed by atoms with Crippen LogP contribution in [0.1, 0.15) is 28.8 Å². The van der Waals surface area contributed by atoms with Crippen molar-refractivity contribution in [2.24, 2.45) is 0 Å². The van der Waals surface area contributed by atoms with Crippen LogP contribution in [0.5, 0.6) is 0 Å². The molecule has 3 nitrogen and oxygen atoms in total. The van der Waals surface area contributed by atoms with E-state index < -0.39 is 5.97 Å². The topological polar surface area (TPSA) is 43.4 Å². The summed E-state index contributed by atoms with van der Waals surface area (Å²) in [5.74, 6) is -0.531. The highest BCUT2D eigenvalue weighted by Crippen LogP contribution is 2.21. The molecule has 0 bridgehead atoms. The van der Waals surface area contributed by atoms with Crippen molar-refractivity contribution < 1.29 is 14.3 Å². The number of carbonyl (C=O) groups excluding carboxylic acids is 2. The lowest BCUT2D eigenvalue weighted by molar-refractivity contribution is -0.140. The maximum Gasteiger partial charge on any atom is 0.305 e. The maximum absolute atomic E-state index is 11.7. The molecule has 1 aromatic carbocycles. The zero-order valence-corrected chi connectivity index (χ0v) is 10.0. The van der Waals surface area contributed by atoms with Crippen molar-refractivity contribution in [3.8, 4) is 0 Å². The Hall–Kier alpha value is -1.35. The highest BCUT2D eigenvalue weighted by Gasteiger charge is 2.13. The van der Waals surface area contributed by atoms with Crippen LogP contribution in [0.2, 0.25) is 5.02 Å². The number of aryl methyl sites for hydroxylation is 1. The van der Waals surface area contributed by atoms with Gasteiger partial charge in [-0.3, -0.25) is 9.59 Å². The minimum Gasteiger partial charge on any atom is -0.469 e. The maximum atomic E-state index is 11.7. The third kappa shape index (κ3) is 3.07. The summed E-state index contributed by atoms with van der Waals surface area (Å²) in [6.45, 7) is 1.83. The van der Waals surface area contributed by atoms with E-state index in [1.807, 2.05) is 13.0 Å². The number of esters is 1. The summed E-state index contributed by atoms with van der Waals surface area (Å²) < 4.78 is 4.47. The molecular weight excluding hydrogens is 228 g/mol. The van der Waals surface area contributed by atoms with Crippen molar-refractivity contribution >= 4 is 23.4 Å². The van der Waals surface area contributed by atoms with E-state index >= 15 is 0 Å². The largest absolute Gasteiger partial charge is 0.469 e. The summed E-state index contributed by atoms with van der Waals surface area (Å²) in [6, 6.07) is 5.26. The molecule has 0 aromatic heterocycles. The molecule has 0 atom stereocenters. The quantitative estimate of drug-likeness (QED) is 0.600. The van der Waals surface area contributed by atoms with Gasteiger partial charge in [-0.15, -0.1) is 0 Å². The highest BCUT2D eigenvalue weighted by atomic mass is 35.5. The first-order chi connectivity index (χ1) is 7.56. The molecule has 0 saturated carbocycles. The third-order valence-corrected chi connectivity index (χ3v) is 2.78. The van der Waals surface area contributed by atoms with Crippen molar-refractivity contribution in [3.05, 3.63) is 34.3 Å². The first kappa shape index (κ1) is 12.7. The van der Waals surface area contributed by atoms with E-state index in [4.69, 9.17) is 11.6 Å². The average molecular weight is 241 g/mol. The van der Waals surface area contributed by atoms with Crippen molar-refractivity contribution in [1.29, 1.82) is 0 Å². The molecular formula is C12H13ClO3. The molecule has 0 radical (unpaired) electrons. The van der Waals surface area contributed by atoms with Gasteiger partial charge in [-0.05, 0) is 18.6 Å². The van der Waals surface area contributed by atoms with Crippen LogP contribution in [-0.4, -0.2) is 18.9 Å². The number of Topliss-reactive ketones (excluding diaryl/α,β-unsaturated/α-hetero) is 1. The first-order valence-electron chi connectivity index (χ1n) is 4.91. The summed E-state index contributed by atoms with van der Waals surface area (Å²) in [4.78, 5) is 22.6. The van der Waals surface area contributed by atoms with Gasteiger partial charge in [0.05, 0.1) is 18.6 Å². The van der Waals surface area contributed by atoms with Gasteiger partial charge in [0.15, 0.2) is 5.78 Å². The molecule has 0 heterocycles. The summed E-state index contributed by atoms with van der Waals surface area (Å²) >= 11 is 6.00. The van der Waals surface area contributed by atoms with E-state index in [9.17, 15) is 9.59 Å². The van der Waals surface area contributed by atoms with Crippen molar-refractivity contribution in [2.75, 3.05) is 7.11 Å². The molecule has 0 unspecified atom stereocenters. The highest BCUT2D eigenvalue weighted by molar-refractivity contribution is 6.34. The molecule has 1 aromatic rings. The van der Waals surface area contributed by atoms with Gasteiger partial charge in [-0.1, -0.05) is 23.7 Å². The molecule has 0 spiro atoms. The number of methoxy groups -OCH3 is 1. The van der Waals surface area contributed by atoms with E-state index in [2.05, 4.69) is 4.74 Å². The van der Waals surface area contributed by atoms with Gasteiger partial charge in [-0.25, -0.2) is 0 Å².